The second kappa shape index (κ2) is 5.82. The predicted octanol–water partition coefficient (Wildman–Crippen LogP) is 2.68. The first-order chi connectivity index (χ1) is 9.42. The van der Waals surface area contributed by atoms with Gasteiger partial charge in [0.1, 0.15) is 4.90 Å². The van der Waals surface area contributed by atoms with Gasteiger partial charge in [0, 0.05) is 15.8 Å². The fraction of sp³-hybridized carbons (Fsp3) is 0.0769. The summed E-state index contributed by atoms with van der Waals surface area (Å²) in [4.78, 5) is 0.0693. The molecule has 4 N–H and O–H groups in total. The van der Waals surface area contributed by atoms with Gasteiger partial charge in [-0.15, -0.1) is 0 Å². The lowest BCUT2D eigenvalue weighted by Gasteiger charge is -2.10. The fourth-order valence-corrected chi connectivity index (χ4v) is 2.95. The van der Waals surface area contributed by atoms with Gasteiger partial charge in [-0.1, -0.05) is 22.0 Å². The van der Waals surface area contributed by atoms with Crippen molar-refractivity contribution in [1.82, 2.24) is 4.72 Å². The molecule has 0 aromatic heterocycles. The van der Waals surface area contributed by atoms with Crippen LogP contribution in [0, 0.1) is 0 Å². The highest BCUT2D eigenvalue weighted by Gasteiger charge is 2.15. The molecule has 106 valence electrons. The molecule has 5 nitrogen and oxygen atoms in total. The molecule has 2 aromatic carbocycles. The summed E-state index contributed by atoms with van der Waals surface area (Å²) in [5, 5.41) is 3.16. The van der Waals surface area contributed by atoms with Crippen molar-refractivity contribution in [3.8, 4) is 0 Å². The lowest BCUT2D eigenvalue weighted by molar-refractivity contribution is 0.588. The van der Waals surface area contributed by atoms with Gasteiger partial charge in [0.15, 0.2) is 0 Å². The third-order valence-corrected chi connectivity index (χ3v) is 4.66. The Morgan fingerprint density at radius 1 is 1.10 bits per heavy atom. The van der Waals surface area contributed by atoms with Gasteiger partial charge in [-0.25, -0.2) is 13.1 Å². The van der Waals surface area contributed by atoms with Crippen molar-refractivity contribution < 1.29 is 8.42 Å². The van der Waals surface area contributed by atoms with Gasteiger partial charge < -0.3 is 11.1 Å². The molecule has 7 heteroatoms. The van der Waals surface area contributed by atoms with E-state index in [0.29, 0.717) is 0 Å². The minimum absolute atomic E-state index is 0.0693. The Bertz CT molecular complexity index is 732. The quantitative estimate of drug-likeness (QED) is 0.736. The molecule has 0 spiro atoms. The van der Waals surface area contributed by atoms with Crippen molar-refractivity contribution in [2.24, 2.45) is 0 Å². The molecule has 2 aromatic rings. The molecule has 2 rings (SSSR count). The number of nitrogen functional groups attached to an aromatic ring is 1. The first-order valence-corrected chi connectivity index (χ1v) is 8.05. The number of sulfonamides is 1. The molecule has 0 fully saturated rings. The summed E-state index contributed by atoms with van der Waals surface area (Å²) < 4.78 is 26.6. The number of hydrogen-bond acceptors (Lipinski definition) is 4. The maximum atomic E-state index is 11.7. The van der Waals surface area contributed by atoms with E-state index in [0.717, 1.165) is 15.8 Å². The van der Waals surface area contributed by atoms with Crippen LogP contribution in [0.2, 0.25) is 0 Å². The van der Waals surface area contributed by atoms with Gasteiger partial charge in [-0.2, -0.15) is 0 Å². The number of rotatable bonds is 4. The predicted molar refractivity (Wildman–Crippen MR) is 84.5 cm³/mol. The topological polar surface area (TPSA) is 84.2 Å². The molecule has 0 saturated heterocycles. The van der Waals surface area contributed by atoms with E-state index >= 15 is 0 Å². The van der Waals surface area contributed by atoms with Crippen LogP contribution in [0.5, 0.6) is 0 Å². The molecule has 0 unspecified atom stereocenters. The fourth-order valence-electron chi connectivity index (χ4n) is 1.71. The van der Waals surface area contributed by atoms with E-state index in [9.17, 15) is 8.42 Å². The molecular weight excluding hydrogens is 342 g/mol. The van der Waals surface area contributed by atoms with Gasteiger partial charge in [-0.05, 0) is 43.4 Å². The van der Waals surface area contributed by atoms with Gasteiger partial charge in [0.2, 0.25) is 10.0 Å². The van der Waals surface area contributed by atoms with Gasteiger partial charge >= 0.3 is 0 Å². The number of anilines is 3. The zero-order chi connectivity index (χ0) is 14.8. The third-order valence-electron chi connectivity index (χ3n) is 2.68. The lowest BCUT2D eigenvalue weighted by atomic mass is 10.2. The summed E-state index contributed by atoms with van der Waals surface area (Å²) in [6.45, 7) is 0. The van der Waals surface area contributed by atoms with Crippen LogP contribution in [0.25, 0.3) is 0 Å². The molecule has 0 aliphatic carbocycles. The van der Waals surface area contributed by atoms with Crippen molar-refractivity contribution in [2.75, 3.05) is 18.1 Å². The SMILES string of the molecule is CNS(=O)(=O)c1ccc(Nc2cccc(Br)c2)cc1N. The number of hydrogen-bond donors (Lipinski definition) is 3. The Morgan fingerprint density at radius 2 is 1.80 bits per heavy atom. The minimum Gasteiger partial charge on any atom is -0.398 e. The average Bonchev–Trinajstić information content (AvgIpc) is 2.38. The van der Waals surface area contributed by atoms with Crippen molar-refractivity contribution in [3.63, 3.8) is 0 Å². The van der Waals surface area contributed by atoms with Crippen LogP contribution in [0.15, 0.2) is 51.8 Å². The van der Waals surface area contributed by atoms with Crippen molar-refractivity contribution in [2.45, 2.75) is 4.90 Å². The highest BCUT2D eigenvalue weighted by Crippen LogP contribution is 2.25. The highest BCUT2D eigenvalue weighted by molar-refractivity contribution is 9.10. The Balaban J connectivity index is 2.30. The highest BCUT2D eigenvalue weighted by atomic mass is 79.9. The molecule has 0 aliphatic rings. The van der Waals surface area contributed by atoms with Crippen LogP contribution in [-0.4, -0.2) is 15.5 Å². The maximum Gasteiger partial charge on any atom is 0.242 e. The van der Waals surface area contributed by atoms with Crippen LogP contribution >= 0.6 is 15.9 Å². The Labute approximate surface area is 126 Å². The first-order valence-electron chi connectivity index (χ1n) is 5.78. The smallest absolute Gasteiger partial charge is 0.242 e. The zero-order valence-corrected chi connectivity index (χ0v) is 13.1. The average molecular weight is 356 g/mol. The van der Waals surface area contributed by atoms with Gasteiger partial charge in [0.05, 0.1) is 5.69 Å². The summed E-state index contributed by atoms with van der Waals surface area (Å²) in [5.41, 5.74) is 7.59. The van der Waals surface area contributed by atoms with E-state index in [-0.39, 0.29) is 10.6 Å². The van der Waals surface area contributed by atoms with Crippen molar-refractivity contribution in [3.05, 3.63) is 46.9 Å². The van der Waals surface area contributed by atoms with Crippen LogP contribution < -0.4 is 15.8 Å². The van der Waals surface area contributed by atoms with E-state index in [4.69, 9.17) is 5.73 Å². The van der Waals surface area contributed by atoms with Crippen LogP contribution in [-0.2, 0) is 10.0 Å². The summed E-state index contributed by atoms with van der Waals surface area (Å²) >= 11 is 3.38. The van der Waals surface area contributed by atoms with Crippen LogP contribution in [0.4, 0.5) is 17.1 Å². The maximum absolute atomic E-state index is 11.7. The van der Waals surface area contributed by atoms with Crippen molar-refractivity contribution in [1.29, 1.82) is 0 Å². The molecule has 0 bridgehead atoms. The van der Waals surface area contributed by atoms with E-state index in [1.807, 2.05) is 24.3 Å². The monoisotopic (exact) mass is 355 g/mol. The second-order valence-electron chi connectivity index (χ2n) is 4.10. The number of nitrogens with two attached hydrogens (primary N) is 1. The molecule has 0 saturated carbocycles. The number of halogens is 1. The number of nitrogens with one attached hydrogen (secondary N) is 2. The molecule has 20 heavy (non-hydrogen) atoms. The van der Waals surface area contributed by atoms with E-state index in [1.165, 1.54) is 13.1 Å². The third kappa shape index (κ3) is 3.30. The Kier molecular flexibility index (Phi) is 4.32. The largest absolute Gasteiger partial charge is 0.398 e. The lowest BCUT2D eigenvalue weighted by Crippen LogP contribution is -2.19. The Morgan fingerprint density at radius 3 is 2.40 bits per heavy atom. The van der Waals surface area contributed by atoms with Crippen LogP contribution in [0.1, 0.15) is 0 Å². The summed E-state index contributed by atoms with van der Waals surface area (Å²) in [6, 6.07) is 12.4. The summed E-state index contributed by atoms with van der Waals surface area (Å²) in [6.07, 6.45) is 0. The van der Waals surface area contributed by atoms with E-state index < -0.39 is 10.0 Å². The van der Waals surface area contributed by atoms with Gasteiger partial charge in [-0.3, -0.25) is 0 Å². The number of benzene rings is 2. The molecule has 0 radical (unpaired) electrons. The molecule has 0 heterocycles. The van der Waals surface area contributed by atoms with E-state index in [2.05, 4.69) is 26.0 Å². The molecular formula is C13H14BrN3O2S. The second-order valence-corrected chi connectivity index (χ2v) is 6.87. The van der Waals surface area contributed by atoms with Gasteiger partial charge in [0.25, 0.3) is 0 Å². The van der Waals surface area contributed by atoms with Crippen LogP contribution in [0.3, 0.4) is 0 Å². The first kappa shape index (κ1) is 14.8. The van der Waals surface area contributed by atoms with E-state index in [1.54, 1.807) is 12.1 Å². The minimum atomic E-state index is -3.54. The normalized spacial score (nSPS) is 11.3. The summed E-state index contributed by atoms with van der Waals surface area (Å²) in [5.74, 6) is 0. The zero-order valence-electron chi connectivity index (χ0n) is 10.7. The standard InChI is InChI=1S/C13H14BrN3O2S/c1-16-20(18,19)13-6-5-11(8-12(13)15)17-10-4-2-3-9(14)7-10/h2-8,16-17H,15H2,1H3. The molecule has 0 amide bonds. The molecule has 0 atom stereocenters. The Hall–Kier alpha value is -1.57. The molecule has 0 aliphatic heterocycles. The summed E-state index contributed by atoms with van der Waals surface area (Å²) in [7, 11) is -2.19. The van der Waals surface area contributed by atoms with Crippen molar-refractivity contribution >= 4 is 43.0 Å².